The fourth-order valence-corrected chi connectivity index (χ4v) is 2.67. The van der Waals surface area contributed by atoms with Crippen molar-refractivity contribution in [2.45, 2.75) is 58.0 Å². The van der Waals surface area contributed by atoms with Crippen molar-refractivity contribution in [3.8, 4) is 0 Å². The van der Waals surface area contributed by atoms with Gasteiger partial charge in [-0.3, -0.25) is 0 Å². The number of rotatable bonds is 2. The molecule has 2 fully saturated rings. The molecule has 1 nitrogen and oxygen atoms in total. The molecule has 0 radical (unpaired) electrons. The van der Waals surface area contributed by atoms with Gasteiger partial charge < -0.3 is 5.32 Å². The van der Waals surface area contributed by atoms with Gasteiger partial charge in [-0.05, 0) is 43.9 Å². The van der Waals surface area contributed by atoms with Gasteiger partial charge in [0.1, 0.15) is 0 Å². The van der Waals surface area contributed by atoms with E-state index in [0.717, 1.165) is 23.9 Å². The molecule has 0 bridgehead atoms. The summed E-state index contributed by atoms with van der Waals surface area (Å²) in [7, 11) is 0. The summed E-state index contributed by atoms with van der Waals surface area (Å²) < 4.78 is 0. The predicted octanol–water partition coefficient (Wildman–Crippen LogP) is 2.56. The summed E-state index contributed by atoms with van der Waals surface area (Å²) >= 11 is 0. The smallest absolute Gasteiger partial charge is 0.00747 e. The molecule has 2 saturated carbocycles. The van der Waals surface area contributed by atoms with Crippen molar-refractivity contribution in [2.75, 3.05) is 0 Å². The van der Waals surface area contributed by atoms with E-state index in [9.17, 15) is 0 Å². The summed E-state index contributed by atoms with van der Waals surface area (Å²) in [6.07, 6.45) is 7.14. The predicted molar refractivity (Wildman–Crippen MR) is 52.1 cm³/mol. The van der Waals surface area contributed by atoms with E-state index >= 15 is 0 Å². The minimum absolute atomic E-state index is 0.844. The zero-order valence-corrected chi connectivity index (χ0v) is 8.34. The lowest BCUT2D eigenvalue weighted by molar-refractivity contribution is 0.238. The van der Waals surface area contributed by atoms with Crippen molar-refractivity contribution in [1.29, 1.82) is 0 Å². The van der Waals surface area contributed by atoms with Crippen molar-refractivity contribution in [1.82, 2.24) is 5.32 Å². The van der Waals surface area contributed by atoms with Crippen LogP contribution in [0.1, 0.15) is 46.0 Å². The van der Waals surface area contributed by atoms with E-state index in [1.165, 1.54) is 32.1 Å². The molecule has 2 rings (SSSR count). The maximum Gasteiger partial charge on any atom is 0.00747 e. The van der Waals surface area contributed by atoms with Gasteiger partial charge in [0.05, 0.1) is 0 Å². The average molecular weight is 167 g/mol. The van der Waals surface area contributed by atoms with Crippen molar-refractivity contribution >= 4 is 0 Å². The van der Waals surface area contributed by atoms with Crippen LogP contribution in [0.3, 0.4) is 0 Å². The van der Waals surface area contributed by atoms with Crippen molar-refractivity contribution in [3.63, 3.8) is 0 Å². The standard InChI is InChI=1S/C11H21N/c1-8-5-9(2)7-11(6-8)12-10-3-4-10/h8-12H,3-7H2,1-2H3. The summed E-state index contributed by atoms with van der Waals surface area (Å²) in [6.45, 7) is 4.80. The van der Waals surface area contributed by atoms with Gasteiger partial charge >= 0.3 is 0 Å². The summed E-state index contributed by atoms with van der Waals surface area (Å²) in [5.74, 6) is 1.90. The Kier molecular flexibility index (Phi) is 2.40. The summed E-state index contributed by atoms with van der Waals surface area (Å²) in [6, 6.07) is 1.74. The Hall–Kier alpha value is -0.0400. The molecular formula is C11H21N. The lowest BCUT2D eigenvalue weighted by atomic mass is 9.80. The van der Waals surface area contributed by atoms with Crippen LogP contribution in [0.15, 0.2) is 0 Å². The second-order valence-electron chi connectivity index (χ2n) is 5.06. The van der Waals surface area contributed by atoms with Crippen LogP contribution in [0.5, 0.6) is 0 Å². The van der Waals surface area contributed by atoms with Crippen molar-refractivity contribution < 1.29 is 0 Å². The first-order chi connectivity index (χ1) is 5.74. The van der Waals surface area contributed by atoms with Gasteiger partial charge in [-0.15, -0.1) is 0 Å². The zero-order chi connectivity index (χ0) is 8.55. The first-order valence-corrected chi connectivity index (χ1v) is 5.50. The molecule has 0 saturated heterocycles. The topological polar surface area (TPSA) is 12.0 Å². The Bertz CT molecular complexity index is 138. The molecule has 1 N–H and O–H groups in total. The SMILES string of the molecule is CC1CC(C)CC(NC2CC2)C1. The summed E-state index contributed by atoms with van der Waals surface area (Å²) in [4.78, 5) is 0. The lowest BCUT2D eigenvalue weighted by Gasteiger charge is -2.32. The quantitative estimate of drug-likeness (QED) is 0.666. The normalized spacial score (nSPS) is 43.0. The molecule has 0 aromatic heterocycles. The van der Waals surface area contributed by atoms with Crippen LogP contribution in [0.25, 0.3) is 0 Å². The molecule has 0 aromatic rings. The van der Waals surface area contributed by atoms with Crippen LogP contribution in [0, 0.1) is 11.8 Å². The molecule has 0 heterocycles. The van der Waals surface area contributed by atoms with Gasteiger partial charge in [-0.2, -0.15) is 0 Å². The largest absolute Gasteiger partial charge is 0.311 e. The molecule has 2 aliphatic carbocycles. The van der Waals surface area contributed by atoms with E-state index in [2.05, 4.69) is 19.2 Å². The Labute approximate surface area is 75.9 Å². The van der Waals surface area contributed by atoms with E-state index in [1.807, 2.05) is 0 Å². The molecule has 0 aromatic carbocycles. The Morgan fingerprint density at radius 2 is 1.42 bits per heavy atom. The van der Waals surface area contributed by atoms with Gasteiger partial charge in [0.2, 0.25) is 0 Å². The molecule has 2 unspecified atom stereocenters. The third kappa shape index (κ3) is 2.22. The third-order valence-corrected chi connectivity index (χ3v) is 3.23. The molecule has 12 heavy (non-hydrogen) atoms. The highest BCUT2D eigenvalue weighted by Gasteiger charge is 2.29. The highest BCUT2D eigenvalue weighted by molar-refractivity contribution is 4.88. The van der Waals surface area contributed by atoms with Crippen LogP contribution in [0.4, 0.5) is 0 Å². The van der Waals surface area contributed by atoms with Crippen LogP contribution < -0.4 is 5.32 Å². The maximum atomic E-state index is 3.75. The fraction of sp³-hybridized carbons (Fsp3) is 1.00. The van der Waals surface area contributed by atoms with Crippen LogP contribution in [-0.4, -0.2) is 12.1 Å². The van der Waals surface area contributed by atoms with Gasteiger partial charge in [0, 0.05) is 12.1 Å². The minimum Gasteiger partial charge on any atom is -0.311 e. The number of nitrogens with one attached hydrogen (secondary N) is 1. The summed E-state index contributed by atoms with van der Waals surface area (Å²) in [5, 5.41) is 3.75. The van der Waals surface area contributed by atoms with Gasteiger partial charge in [0.15, 0.2) is 0 Å². The molecular weight excluding hydrogens is 146 g/mol. The fourth-order valence-electron chi connectivity index (χ4n) is 2.67. The minimum atomic E-state index is 0.844. The molecule has 70 valence electrons. The molecule has 0 spiro atoms. The Morgan fingerprint density at radius 3 is 1.92 bits per heavy atom. The van der Waals surface area contributed by atoms with Gasteiger partial charge in [-0.1, -0.05) is 13.8 Å². The first kappa shape index (κ1) is 8.55. The third-order valence-electron chi connectivity index (χ3n) is 3.23. The van der Waals surface area contributed by atoms with E-state index in [1.54, 1.807) is 0 Å². The highest BCUT2D eigenvalue weighted by atomic mass is 15.0. The monoisotopic (exact) mass is 167 g/mol. The molecule has 0 aliphatic heterocycles. The van der Waals surface area contributed by atoms with E-state index in [0.29, 0.717) is 0 Å². The molecule has 0 amide bonds. The summed E-state index contributed by atoms with van der Waals surface area (Å²) in [5.41, 5.74) is 0. The average Bonchev–Trinajstić information content (AvgIpc) is 2.68. The second-order valence-corrected chi connectivity index (χ2v) is 5.06. The Morgan fingerprint density at radius 1 is 0.833 bits per heavy atom. The second kappa shape index (κ2) is 3.37. The van der Waals surface area contributed by atoms with Crippen molar-refractivity contribution in [3.05, 3.63) is 0 Å². The first-order valence-electron chi connectivity index (χ1n) is 5.50. The van der Waals surface area contributed by atoms with Gasteiger partial charge in [-0.25, -0.2) is 0 Å². The highest BCUT2D eigenvalue weighted by Crippen LogP contribution is 2.30. The van der Waals surface area contributed by atoms with E-state index in [-0.39, 0.29) is 0 Å². The van der Waals surface area contributed by atoms with Gasteiger partial charge in [0.25, 0.3) is 0 Å². The van der Waals surface area contributed by atoms with Crippen LogP contribution in [0.2, 0.25) is 0 Å². The molecule has 2 atom stereocenters. The van der Waals surface area contributed by atoms with Crippen molar-refractivity contribution in [2.24, 2.45) is 11.8 Å². The Balaban J connectivity index is 1.79. The lowest BCUT2D eigenvalue weighted by Crippen LogP contribution is -2.37. The number of hydrogen-bond acceptors (Lipinski definition) is 1. The molecule has 1 heteroatoms. The molecule has 2 aliphatic rings. The number of hydrogen-bond donors (Lipinski definition) is 1. The van der Waals surface area contributed by atoms with E-state index < -0.39 is 0 Å². The van der Waals surface area contributed by atoms with Crippen LogP contribution >= 0.6 is 0 Å². The maximum absolute atomic E-state index is 3.75. The van der Waals surface area contributed by atoms with Crippen LogP contribution in [-0.2, 0) is 0 Å². The zero-order valence-electron chi connectivity index (χ0n) is 8.34. The van der Waals surface area contributed by atoms with E-state index in [4.69, 9.17) is 0 Å².